The van der Waals surface area contributed by atoms with Gasteiger partial charge in [-0.15, -0.1) is 0 Å². The molecule has 0 amide bonds. The number of carbonyl (C=O) groups excluding carboxylic acids is 1. The van der Waals surface area contributed by atoms with Gasteiger partial charge in [0.05, 0.1) is 20.2 Å². The number of hydrogen-bond donors (Lipinski definition) is 1. The first kappa shape index (κ1) is 19.3. The molecule has 0 spiro atoms. The van der Waals surface area contributed by atoms with E-state index in [0.717, 1.165) is 6.08 Å². The van der Waals surface area contributed by atoms with Crippen LogP contribution in [0.4, 0.5) is 0 Å². The Labute approximate surface area is 120 Å². The van der Waals surface area contributed by atoms with Crippen molar-refractivity contribution in [1.82, 2.24) is 0 Å². The van der Waals surface area contributed by atoms with Crippen molar-refractivity contribution in [3.63, 3.8) is 0 Å². The van der Waals surface area contributed by atoms with Gasteiger partial charge in [-0.2, -0.15) is 0 Å². The Morgan fingerprint density at radius 3 is 2.40 bits per heavy atom. The summed E-state index contributed by atoms with van der Waals surface area (Å²) in [5, 5.41) is 0. The number of ether oxygens (including phenoxy) is 1. The molecule has 20 heavy (non-hydrogen) atoms. The summed E-state index contributed by atoms with van der Waals surface area (Å²) in [6.07, 6.45) is 0.723. The molecule has 0 heterocycles. The van der Waals surface area contributed by atoms with Gasteiger partial charge in [0.1, 0.15) is 26.3 Å². The smallest absolute Gasteiger partial charge is 0.457 e. The molecule has 0 aliphatic carbocycles. The minimum absolute atomic E-state index is 0.0723. The van der Waals surface area contributed by atoms with Gasteiger partial charge in [-0.3, -0.25) is 9.05 Å². The molecule has 0 radical (unpaired) electrons. The van der Waals surface area contributed by atoms with Crippen LogP contribution in [0.3, 0.4) is 0 Å². The van der Waals surface area contributed by atoms with E-state index in [-0.39, 0.29) is 19.3 Å². The highest BCUT2D eigenvalue weighted by atomic mass is 31.2. The maximum Gasteiger partial charge on any atom is 0.472 e. The number of nitrogens with zero attached hydrogens (tertiary/aromatic N) is 1. The number of quaternary nitrogens is 1. The van der Waals surface area contributed by atoms with Gasteiger partial charge in [-0.1, -0.05) is 6.58 Å². The summed E-state index contributed by atoms with van der Waals surface area (Å²) in [5.74, 6) is -0.466. The monoisotopic (exact) mass is 310 g/mol. The fourth-order valence-electron chi connectivity index (χ4n) is 1.26. The van der Waals surface area contributed by atoms with Crippen molar-refractivity contribution in [2.24, 2.45) is 0 Å². The Balaban J connectivity index is 4.00. The molecule has 0 aromatic rings. The van der Waals surface area contributed by atoms with Crippen LogP contribution in [0.25, 0.3) is 0 Å². The van der Waals surface area contributed by atoms with Crippen LogP contribution in [0, 0.1) is 0 Å². The average Bonchev–Trinajstić information content (AvgIpc) is 2.25. The number of esters is 1. The zero-order valence-corrected chi connectivity index (χ0v) is 13.5. The molecule has 1 N–H and O–H groups in total. The van der Waals surface area contributed by atoms with Gasteiger partial charge in [-0.05, 0) is 13.8 Å². The SMILES string of the molecule is C=CC(=O)OCC[N+](C)(C)CCOP(=O)(O)OC(C)C. The fraction of sp³-hybridized carbons (Fsp3) is 0.750. The molecule has 0 aliphatic rings. The van der Waals surface area contributed by atoms with Crippen LogP contribution < -0.4 is 0 Å². The third-order valence-electron chi connectivity index (χ3n) is 2.40. The van der Waals surface area contributed by atoms with Gasteiger partial charge < -0.3 is 14.1 Å². The number of rotatable bonds is 10. The molecule has 0 rings (SSSR count). The second kappa shape index (κ2) is 8.54. The van der Waals surface area contributed by atoms with E-state index in [1.165, 1.54) is 0 Å². The van der Waals surface area contributed by atoms with Crippen LogP contribution in [0.5, 0.6) is 0 Å². The highest BCUT2D eigenvalue weighted by Gasteiger charge is 2.24. The lowest BCUT2D eigenvalue weighted by Gasteiger charge is -2.29. The molecule has 0 saturated carbocycles. The van der Waals surface area contributed by atoms with Gasteiger partial charge in [0, 0.05) is 6.08 Å². The predicted molar refractivity (Wildman–Crippen MR) is 75.0 cm³/mol. The summed E-state index contributed by atoms with van der Waals surface area (Å²) >= 11 is 0. The average molecular weight is 310 g/mol. The van der Waals surface area contributed by atoms with Crippen molar-refractivity contribution >= 4 is 13.8 Å². The topological polar surface area (TPSA) is 82.1 Å². The Hall–Kier alpha value is -0.720. The van der Waals surface area contributed by atoms with Crippen LogP contribution in [0.15, 0.2) is 12.7 Å². The second-order valence-electron chi connectivity index (χ2n) is 5.21. The zero-order chi connectivity index (χ0) is 15.8. The maximum atomic E-state index is 11.5. The molecule has 0 fully saturated rings. The van der Waals surface area contributed by atoms with Crippen molar-refractivity contribution < 1.29 is 32.5 Å². The van der Waals surface area contributed by atoms with E-state index in [1.807, 2.05) is 14.1 Å². The number of likely N-dealkylation sites (N-methyl/N-ethyl adjacent to an activating group) is 1. The van der Waals surface area contributed by atoms with Gasteiger partial charge in [0.2, 0.25) is 0 Å². The summed E-state index contributed by atoms with van der Waals surface area (Å²) in [7, 11) is -0.191. The van der Waals surface area contributed by atoms with Gasteiger partial charge in [0.25, 0.3) is 0 Å². The summed E-state index contributed by atoms with van der Waals surface area (Å²) in [6, 6.07) is 0. The Bertz CT molecular complexity index is 369. The third kappa shape index (κ3) is 10.1. The molecule has 1 atom stereocenters. The minimum Gasteiger partial charge on any atom is -0.457 e. The number of phosphoric acid groups is 1. The van der Waals surface area contributed by atoms with Crippen LogP contribution in [-0.2, 0) is 23.1 Å². The molecule has 0 aromatic carbocycles. The van der Waals surface area contributed by atoms with E-state index in [9.17, 15) is 14.3 Å². The Kier molecular flexibility index (Phi) is 8.23. The Morgan fingerprint density at radius 2 is 1.90 bits per heavy atom. The molecule has 0 saturated heterocycles. The van der Waals surface area contributed by atoms with Gasteiger partial charge in [0.15, 0.2) is 0 Å². The van der Waals surface area contributed by atoms with Gasteiger partial charge in [-0.25, -0.2) is 9.36 Å². The maximum absolute atomic E-state index is 11.5. The van der Waals surface area contributed by atoms with Crippen molar-refractivity contribution in [3.05, 3.63) is 12.7 Å². The lowest BCUT2D eigenvalue weighted by atomic mass is 10.4. The molecule has 8 heteroatoms. The lowest BCUT2D eigenvalue weighted by molar-refractivity contribution is -0.890. The number of hydrogen-bond acceptors (Lipinski definition) is 5. The lowest BCUT2D eigenvalue weighted by Crippen LogP contribution is -2.44. The molecular formula is C12H25NO6P+. The number of phosphoric ester groups is 1. The summed E-state index contributed by atoms with van der Waals surface area (Å²) in [5.41, 5.74) is 0. The highest BCUT2D eigenvalue weighted by molar-refractivity contribution is 7.47. The highest BCUT2D eigenvalue weighted by Crippen LogP contribution is 2.44. The molecular weight excluding hydrogens is 285 g/mol. The van der Waals surface area contributed by atoms with Crippen molar-refractivity contribution in [2.75, 3.05) is 40.4 Å². The van der Waals surface area contributed by atoms with Crippen LogP contribution >= 0.6 is 7.82 Å². The van der Waals surface area contributed by atoms with E-state index in [1.54, 1.807) is 13.8 Å². The van der Waals surface area contributed by atoms with Crippen molar-refractivity contribution in [1.29, 1.82) is 0 Å². The molecule has 7 nitrogen and oxygen atoms in total. The van der Waals surface area contributed by atoms with E-state index >= 15 is 0 Å². The minimum atomic E-state index is -3.99. The van der Waals surface area contributed by atoms with Gasteiger partial charge >= 0.3 is 13.8 Å². The van der Waals surface area contributed by atoms with E-state index < -0.39 is 13.8 Å². The normalized spacial score (nSPS) is 14.9. The fourth-order valence-corrected chi connectivity index (χ4v) is 2.17. The summed E-state index contributed by atoms with van der Waals surface area (Å²) < 4.78 is 26.5. The first-order valence-electron chi connectivity index (χ1n) is 6.35. The summed E-state index contributed by atoms with van der Waals surface area (Å²) in [6.45, 7) is 7.97. The quantitative estimate of drug-likeness (QED) is 0.284. The summed E-state index contributed by atoms with van der Waals surface area (Å²) in [4.78, 5) is 20.3. The predicted octanol–water partition coefficient (Wildman–Crippen LogP) is 1.33. The van der Waals surface area contributed by atoms with E-state index in [0.29, 0.717) is 17.6 Å². The molecule has 0 bridgehead atoms. The zero-order valence-electron chi connectivity index (χ0n) is 12.6. The first-order chi connectivity index (χ1) is 9.08. The third-order valence-corrected chi connectivity index (χ3v) is 3.60. The molecule has 0 aliphatic heterocycles. The van der Waals surface area contributed by atoms with Crippen LogP contribution in [0.2, 0.25) is 0 Å². The standard InChI is InChI=1S/C12H24NO6P/c1-6-12(14)17-9-7-13(4,5)8-10-18-20(15,16)19-11(2)3/h6,11H,1,7-10H2,2-5H3/p+1. The molecule has 118 valence electrons. The largest absolute Gasteiger partial charge is 0.472 e. The molecule has 0 aromatic heterocycles. The van der Waals surface area contributed by atoms with Crippen LogP contribution in [-0.4, -0.2) is 61.8 Å². The molecule has 1 unspecified atom stereocenters. The van der Waals surface area contributed by atoms with E-state index in [2.05, 4.69) is 6.58 Å². The number of carbonyl (C=O) groups is 1. The first-order valence-corrected chi connectivity index (χ1v) is 7.84. The Morgan fingerprint density at radius 1 is 1.35 bits per heavy atom. The van der Waals surface area contributed by atoms with Crippen LogP contribution in [0.1, 0.15) is 13.8 Å². The van der Waals surface area contributed by atoms with Crippen molar-refractivity contribution in [3.8, 4) is 0 Å². The van der Waals surface area contributed by atoms with Crippen molar-refractivity contribution in [2.45, 2.75) is 20.0 Å². The van der Waals surface area contributed by atoms with E-state index in [4.69, 9.17) is 13.8 Å². The second-order valence-corrected chi connectivity index (χ2v) is 6.62.